The monoisotopic (exact) mass is 351 g/mol. The molecule has 0 radical (unpaired) electrons. The van der Waals surface area contributed by atoms with Gasteiger partial charge in [0.05, 0.1) is 12.4 Å². The Kier molecular flexibility index (Phi) is 4.43. The maximum absolute atomic E-state index is 13.2. The van der Waals surface area contributed by atoms with Crippen LogP contribution in [0.3, 0.4) is 0 Å². The topological polar surface area (TPSA) is 74.8 Å². The lowest BCUT2D eigenvalue weighted by Crippen LogP contribution is -2.39. The molecule has 0 unspecified atom stereocenters. The largest absolute Gasteiger partial charge is 0.337 e. The Hall–Kier alpha value is -3.09. The SMILES string of the molecule is O=C(c1cnccn1)N1CCC[C@H](c2[nH]ncc2-c2ccc(F)cc2)C1. The lowest BCUT2D eigenvalue weighted by Gasteiger charge is -2.32. The molecule has 1 aliphatic rings. The van der Waals surface area contributed by atoms with E-state index in [2.05, 4.69) is 20.2 Å². The molecule has 0 bridgehead atoms. The van der Waals surface area contributed by atoms with E-state index in [0.717, 1.165) is 29.7 Å². The minimum atomic E-state index is -0.266. The summed E-state index contributed by atoms with van der Waals surface area (Å²) >= 11 is 0. The number of nitrogens with one attached hydrogen (secondary N) is 1. The molecule has 0 saturated carbocycles. The van der Waals surface area contributed by atoms with Crippen LogP contribution in [-0.2, 0) is 0 Å². The van der Waals surface area contributed by atoms with Crippen LogP contribution in [0.25, 0.3) is 11.1 Å². The van der Waals surface area contributed by atoms with Crippen LogP contribution in [0.1, 0.15) is 34.9 Å². The second-order valence-electron chi connectivity index (χ2n) is 6.39. The predicted octanol–water partition coefficient (Wildman–Crippen LogP) is 3.03. The van der Waals surface area contributed by atoms with E-state index >= 15 is 0 Å². The van der Waals surface area contributed by atoms with Gasteiger partial charge in [0.1, 0.15) is 11.5 Å². The highest BCUT2D eigenvalue weighted by atomic mass is 19.1. The van der Waals surface area contributed by atoms with Crippen LogP contribution in [0.15, 0.2) is 49.1 Å². The molecule has 1 atom stereocenters. The second kappa shape index (κ2) is 7.03. The first-order valence-electron chi connectivity index (χ1n) is 8.57. The summed E-state index contributed by atoms with van der Waals surface area (Å²) in [7, 11) is 0. The first-order valence-corrected chi connectivity index (χ1v) is 8.57. The summed E-state index contributed by atoms with van der Waals surface area (Å²) in [6.45, 7) is 1.29. The lowest BCUT2D eigenvalue weighted by molar-refractivity contribution is 0.0699. The van der Waals surface area contributed by atoms with E-state index < -0.39 is 0 Å². The highest BCUT2D eigenvalue weighted by Crippen LogP contribution is 2.33. The third-order valence-electron chi connectivity index (χ3n) is 4.72. The summed E-state index contributed by atoms with van der Waals surface area (Å²) < 4.78 is 13.2. The maximum atomic E-state index is 13.2. The number of H-pyrrole nitrogens is 1. The van der Waals surface area contributed by atoms with Gasteiger partial charge >= 0.3 is 0 Å². The van der Waals surface area contributed by atoms with Crippen molar-refractivity contribution in [3.05, 3.63) is 66.3 Å². The molecule has 3 aromatic rings. The fourth-order valence-electron chi connectivity index (χ4n) is 3.44. The van der Waals surface area contributed by atoms with E-state index in [-0.39, 0.29) is 17.6 Å². The molecule has 1 N–H and O–H groups in total. The van der Waals surface area contributed by atoms with Crippen molar-refractivity contribution in [1.82, 2.24) is 25.1 Å². The van der Waals surface area contributed by atoms with Crippen LogP contribution in [-0.4, -0.2) is 44.1 Å². The number of aromatic nitrogens is 4. The van der Waals surface area contributed by atoms with E-state index in [4.69, 9.17) is 0 Å². The zero-order valence-corrected chi connectivity index (χ0v) is 14.1. The van der Waals surface area contributed by atoms with Gasteiger partial charge in [-0.3, -0.25) is 14.9 Å². The minimum Gasteiger partial charge on any atom is -0.337 e. The number of likely N-dealkylation sites (tertiary alicyclic amines) is 1. The van der Waals surface area contributed by atoms with Gasteiger partial charge in [0.15, 0.2) is 0 Å². The van der Waals surface area contributed by atoms with Crippen LogP contribution in [0, 0.1) is 5.82 Å². The van der Waals surface area contributed by atoms with Gasteiger partial charge in [-0.2, -0.15) is 5.10 Å². The Bertz CT molecular complexity index is 894. The zero-order valence-electron chi connectivity index (χ0n) is 14.1. The van der Waals surface area contributed by atoms with Gasteiger partial charge in [0.2, 0.25) is 0 Å². The number of hydrogen-bond donors (Lipinski definition) is 1. The average Bonchev–Trinajstić information content (AvgIpc) is 3.19. The third-order valence-corrected chi connectivity index (χ3v) is 4.72. The lowest BCUT2D eigenvalue weighted by atomic mass is 9.90. The average molecular weight is 351 g/mol. The highest BCUT2D eigenvalue weighted by molar-refractivity contribution is 5.92. The maximum Gasteiger partial charge on any atom is 0.274 e. The summed E-state index contributed by atoms with van der Waals surface area (Å²) in [5.74, 6) is -0.227. The number of piperidine rings is 1. The molecule has 7 heteroatoms. The predicted molar refractivity (Wildman–Crippen MR) is 93.9 cm³/mol. The Morgan fingerprint density at radius 1 is 1.19 bits per heavy atom. The van der Waals surface area contributed by atoms with E-state index in [0.29, 0.717) is 18.8 Å². The summed E-state index contributed by atoms with van der Waals surface area (Å²) in [6.07, 6.45) is 8.18. The molecule has 0 spiro atoms. The minimum absolute atomic E-state index is 0.106. The van der Waals surface area contributed by atoms with Crippen LogP contribution in [0.4, 0.5) is 4.39 Å². The zero-order chi connectivity index (χ0) is 17.9. The number of carbonyl (C=O) groups excluding carboxylic acids is 1. The molecule has 1 aliphatic heterocycles. The molecule has 4 rings (SSSR count). The second-order valence-corrected chi connectivity index (χ2v) is 6.39. The van der Waals surface area contributed by atoms with Crippen LogP contribution in [0.5, 0.6) is 0 Å². The summed E-state index contributed by atoms with van der Waals surface area (Å²) in [5.41, 5.74) is 3.20. The number of rotatable bonds is 3. The Labute approximate surface area is 150 Å². The summed E-state index contributed by atoms with van der Waals surface area (Å²) in [5, 5.41) is 7.26. The van der Waals surface area contributed by atoms with Crippen molar-refractivity contribution in [3.8, 4) is 11.1 Å². The quantitative estimate of drug-likeness (QED) is 0.787. The van der Waals surface area contributed by atoms with Gasteiger partial charge < -0.3 is 4.90 Å². The van der Waals surface area contributed by atoms with Gasteiger partial charge in [0.25, 0.3) is 5.91 Å². The fraction of sp³-hybridized carbons (Fsp3) is 0.263. The first kappa shape index (κ1) is 16.4. The van der Waals surface area contributed by atoms with Crippen molar-refractivity contribution in [1.29, 1.82) is 0 Å². The van der Waals surface area contributed by atoms with Crippen LogP contribution >= 0.6 is 0 Å². The molecular weight excluding hydrogens is 333 g/mol. The van der Waals surface area contributed by atoms with Gasteiger partial charge in [-0.1, -0.05) is 12.1 Å². The number of nitrogens with zero attached hydrogens (tertiary/aromatic N) is 4. The normalized spacial score (nSPS) is 17.3. The van der Waals surface area contributed by atoms with Crippen molar-refractivity contribution in [2.24, 2.45) is 0 Å². The van der Waals surface area contributed by atoms with E-state index in [1.807, 2.05) is 4.90 Å². The van der Waals surface area contributed by atoms with E-state index in [1.54, 1.807) is 24.5 Å². The molecule has 3 heterocycles. The number of benzene rings is 1. The number of hydrogen-bond acceptors (Lipinski definition) is 4. The van der Waals surface area contributed by atoms with E-state index in [1.165, 1.54) is 24.5 Å². The molecule has 1 fully saturated rings. The molecule has 6 nitrogen and oxygen atoms in total. The van der Waals surface area contributed by atoms with Crippen molar-refractivity contribution in [3.63, 3.8) is 0 Å². The number of carbonyl (C=O) groups is 1. The summed E-state index contributed by atoms with van der Waals surface area (Å²) in [4.78, 5) is 22.6. The fourth-order valence-corrected chi connectivity index (χ4v) is 3.44. The summed E-state index contributed by atoms with van der Waals surface area (Å²) in [6, 6.07) is 6.37. The molecule has 1 aromatic carbocycles. The molecule has 1 amide bonds. The Morgan fingerprint density at radius 2 is 2.04 bits per heavy atom. The number of halogens is 1. The Morgan fingerprint density at radius 3 is 2.81 bits per heavy atom. The van der Waals surface area contributed by atoms with Crippen LogP contribution in [0.2, 0.25) is 0 Å². The van der Waals surface area contributed by atoms with Crippen molar-refractivity contribution in [2.75, 3.05) is 13.1 Å². The number of amides is 1. The highest BCUT2D eigenvalue weighted by Gasteiger charge is 2.28. The first-order chi connectivity index (χ1) is 12.7. The van der Waals surface area contributed by atoms with Gasteiger partial charge in [0, 0.05) is 42.7 Å². The molecule has 0 aliphatic carbocycles. The number of aromatic amines is 1. The van der Waals surface area contributed by atoms with Gasteiger partial charge in [-0.05, 0) is 30.5 Å². The van der Waals surface area contributed by atoms with Crippen LogP contribution < -0.4 is 0 Å². The van der Waals surface area contributed by atoms with Gasteiger partial charge in [-0.15, -0.1) is 0 Å². The molecule has 1 saturated heterocycles. The van der Waals surface area contributed by atoms with Crippen molar-refractivity contribution in [2.45, 2.75) is 18.8 Å². The molecule has 2 aromatic heterocycles. The standard InChI is InChI=1S/C19H18FN5O/c20-15-5-3-13(4-6-15)16-10-23-24-18(16)14-2-1-9-25(12-14)19(26)17-11-21-7-8-22-17/h3-8,10-11,14H,1-2,9,12H2,(H,23,24)/t14-/m0/s1. The smallest absolute Gasteiger partial charge is 0.274 e. The van der Waals surface area contributed by atoms with Gasteiger partial charge in [-0.25, -0.2) is 9.37 Å². The molecule has 26 heavy (non-hydrogen) atoms. The van der Waals surface area contributed by atoms with E-state index in [9.17, 15) is 9.18 Å². The molecular formula is C19H18FN5O. The van der Waals surface area contributed by atoms with Crippen molar-refractivity contribution < 1.29 is 9.18 Å². The van der Waals surface area contributed by atoms with Crippen molar-refractivity contribution >= 4 is 5.91 Å². The Balaban J connectivity index is 1.57. The molecule has 132 valence electrons. The third kappa shape index (κ3) is 3.20.